The Labute approximate surface area is 175 Å². The zero-order valence-corrected chi connectivity index (χ0v) is 18.2. The average Bonchev–Trinajstić information content (AvgIpc) is 3.41. The summed E-state index contributed by atoms with van der Waals surface area (Å²) in [5, 5.41) is 0. The molecule has 5 rings (SSSR count). The number of nitrogens with zero attached hydrogens (tertiary/aromatic N) is 2. The number of carbonyl (C=O) groups is 1. The quantitative estimate of drug-likeness (QED) is 0.804. The van der Waals surface area contributed by atoms with E-state index in [4.69, 9.17) is 0 Å². The molecule has 0 aromatic heterocycles. The van der Waals surface area contributed by atoms with Gasteiger partial charge in [-0.15, -0.1) is 0 Å². The number of hydrogen-bond donors (Lipinski definition) is 2. The van der Waals surface area contributed by atoms with E-state index in [-0.39, 0.29) is 5.54 Å². The second-order valence-corrected chi connectivity index (χ2v) is 10.3. The van der Waals surface area contributed by atoms with Crippen molar-refractivity contribution in [2.24, 2.45) is 11.8 Å². The summed E-state index contributed by atoms with van der Waals surface area (Å²) in [6.45, 7) is 9.52. The monoisotopic (exact) mass is 396 g/mol. The summed E-state index contributed by atoms with van der Waals surface area (Å²) in [7, 11) is 0. The molecule has 0 radical (unpaired) electrons. The number of benzene rings is 1. The molecule has 1 amide bonds. The Kier molecular flexibility index (Phi) is 4.96. The van der Waals surface area contributed by atoms with Crippen molar-refractivity contribution in [2.45, 2.75) is 83.1 Å². The van der Waals surface area contributed by atoms with E-state index in [1.807, 2.05) is 0 Å². The van der Waals surface area contributed by atoms with E-state index >= 15 is 0 Å². The third-order valence-electron chi connectivity index (χ3n) is 8.02. The predicted octanol–water partition coefficient (Wildman–Crippen LogP) is 2.84. The molecule has 5 nitrogen and oxygen atoms in total. The van der Waals surface area contributed by atoms with E-state index in [1.54, 1.807) is 0 Å². The number of aryl methyl sites for hydroxylation is 1. The molecule has 1 spiro atoms. The first-order valence-corrected chi connectivity index (χ1v) is 11.6. The van der Waals surface area contributed by atoms with Crippen molar-refractivity contribution >= 4 is 5.91 Å². The van der Waals surface area contributed by atoms with Crippen molar-refractivity contribution in [3.05, 3.63) is 35.4 Å². The second kappa shape index (κ2) is 7.36. The molecule has 1 aromatic rings. The summed E-state index contributed by atoms with van der Waals surface area (Å²) in [5.41, 5.74) is 9.51. The molecule has 0 saturated carbocycles. The minimum atomic E-state index is -0.217. The van der Waals surface area contributed by atoms with Crippen LogP contribution >= 0.6 is 0 Å². The summed E-state index contributed by atoms with van der Waals surface area (Å²) in [5.74, 6) is 1.60. The maximum Gasteiger partial charge on any atom is 0.243 e. The molecular weight excluding hydrogens is 360 g/mol. The number of hydrazine groups is 1. The van der Waals surface area contributed by atoms with E-state index in [0.29, 0.717) is 35.9 Å². The average molecular weight is 397 g/mol. The zero-order valence-electron chi connectivity index (χ0n) is 18.2. The molecule has 5 atom stereocenters. The van der Waals surface area contributed by atoms with Crippen LogP contribution in [0.4, 0.5) is 0 Å². The fraction of sp³-hybridized carbons (Fsp3) is 0.708. The van der Waals surface area contributed by atoms with E-state index in [2.05, 4.69) is 65.7 Å². The molecule has 2 unspecified atom stereocenters. The van der Waals surface area contributed by atoms with Crippen molar-refractivity contribution in [3.63, 3.8) is 0 Å². The molecule has 29 heavy (non-hydrogen) atoms. The van der Waals surface area contributed by atoms with Gasteiger partial charge in [0.2, 0.25) is 5.91 Å². The first-order valence-electron chi connectivity index (χ1n) is 11.6. The van der Waals surface area contributed by atoms with Gasteiger partial charge in [0.05, 0.1) is 0 Å². The van der Waals surface area contributed by atoms with Gasteiger partial charge >= 0.3 is 0 Å². The Morgan fingerprint density at radius 1 is 1.21 bits per heavy atom. The molecule has 4 aliphatic rings. The molecule has 4 saturated heterocycles. The third-order valence-corrected chi connectivity index (χ3v) is 8.02. The molecule has 158 valence electrons. The normalized spacial score (nSPS) is 37.0. The molecule has 4 heterocycles. The van der Waals surface area contributed by atoms with Crippen LogP contribution in [0.2, 0.25) is 0 Å². The maximum absolute atomic E-state index is 13.7. The molecule has 2 N–H and O–H groups in total. The van der Waals surface area contributed by atoms with Crippen LogP contribution in [0.15, 0.2) is 24.3 Å². The lowest BCUT2D eigenvalue weighted by molar-refractivity contribution is -0.137. The SMILES string of the molecule is Cc1ccccc1CN1C[C@@H]2C[C@@H](C3CC(CC(C)C)NN3)N3CCC[C@@]23C1=O. The van der Waals surface area contributed by atoms with E-state index in [9.17, 15) is 4.79 Å². The molecule has 4 aliphatic heterocycles. The molecule has 0 bridgehead atoms. The van der Waals surface area contributed by atoms with Crippen molar-refractivity contribution < 1.29 is 4.79 Å². The van der Waals surface area contributed by atoms with Gasteiger partial charge in [0.25, 0.3) is 0 Å². The number of nitrogens with one attached hydrogen (secondary N) is 2. The molecule has 1 aromatic carbocycles. The summed E-state index contributed by atoms with van der Waals surface area (Å²) in [4.78, 5) is 18.5. The predicted molar refractivity (Wildman–Crippen MR) is 115 cm³/mol. The minimum Gasteiger partial charge on any atom is -0.336 e. The first-order chi connectivity index (χ1) is 14.0. The molecule has 4 fully saturated rings. The number of carbonyl (C=O) groups excluding carboxylic acids is 1. The van der Waals surface area contributed by atoms with Gasteiger partial charge in [-0.25, -0.2) is 0 Å². The highest BCUT2D eigenvalue weighted by atomic mass is 16.2. The summed E-state index contributed by atoms with van der Waals surface area (Å²) >= 11 is 0. The molecule has 0 aliphatic carbocycles. The number of hydrogen-bond acceptors (Lipinski definition) is 4. The maximum atomic E-state index is 13.7. The minimum absolute atomic E-state index is 0.217. The van der Waals surface area contributed by atoms with Gasteiger partial charge in [0.15, 0.2) is 0 Å². The fourth-order valence-electron chi connectivity index (χ4n) is 6.77. The lowest BCUT2D eigenvalue weighted by atomic mass is 9.85. The van der Waals surface area contributed by atoms with Gasteiger partial charge in [-0.1, -0.05) is 38.1 Å². The zero-order chi connectivity index (χ0) is 20.2. The molecular formula is C24H36N4O. The van der Waals surface area contributed by atoms with Crippen molar-refractivity contribution in [2.75, 3.05) is 13.1 Å². The van der Waals surface area contributed by atoms with Crippen molar-refractivity contribution in [3.8, 4) is 0 Å². The van der Waals surface area contributed by atoms with Gasteiger partial charge in [-0.2, -0.15) is 0 Å². The van der Waals surface area contributed by atoms with Crippen LogP contribution in [0, 0.1) is 18.8 Å². The lowest BCUT2D eigenvalue weighted by Crippen LogP contribution is -2.55. The van der Waals surface area contributed by atoms with Crippen LogP contribution in [0.25, 0.3) is 0 Å². The Morgan fingerprint density at radius 2 is 2.03 bits per heavy atom. The summed E-state index contributed by atoms with van der Waals surface area (Å²) < 4.78 is 0. The Hall–Kier alpha value is -1.43. The highest BCUT2D eigenvalue weighted by Crippen LogP contribution is 2.52. The van der Waals surface area contributed by atoms with Crippen LogP contribution in [0.5, 0.6) is 0 Å². The highest BCUT2D eigenvalue weighted by Gasteiger charge is 2.66. The second-order valence-electron chi connectivity index (χ2n) is 10.3. The van der Waals surface area contributed by atoms with Crippen molar-refractivity contribution in [1.82, 2.24) is 20.7 Å². The largest absolute Gasteiger partial charge is 0.336 e. The summed E-state index contributed by atoms with van der Waals surface area (Å²) in [6.07, 6.45) is 5.76. The standard InChI is InChI=1S/C24H36N4O/c1-16(2)11-20-13-21(26-25-20)22-12-19-15-27(14-18-8-5-4-7-17(18)3)23(29)24(19)9-6-10-28(22)24/h4-5,7-8,16,19-22,25-26H,6,9-15H2,1-3H3/t19-,20?,21?,22-,24-/m0/s1. The molecule has 5 heteroatoms. The van der Waals surface area contributed by atoms with Crippen molar-refractivity contribution in [1.29, 1.82) is 0 Å². The van der Waals surface area contributed by atoms with Crippen LogP contribution in [0.3, 0.4) is 0 Å². The number of likely N-dealkylation sites (tertiary alicyclic amines) is 1. The van der Waals surface area contributed by atoms with Crippen LogP contribution in [-0.2, 0) is 11.3 Å². The van der Waals surface area contributed by atoms with Crippen LogP contribution < -0.4 is 10.9 Å². The third kappa shape index (κ3) is 3.13. The van der Waals surface area contributed by atoms with Gasteiger partial charge < -0.3 is 4.90 Å². The Morgan fingerprint density at radius 3 is 2.83 bits per heavy atom. The number of amides is 1. The smallest absolute Gasteiger partial charge is 0.243 e. The highest BCUT2D eigenvalue weighted by molar-refractivity contribution is 5.90. The summed E-state index contributed by atoms with van der Waals surface area (Å²) in [6, 6.07) is 10.0. The van der Waals surface area contributed by atoms with E-state index < -0.39 is 0 Å². The van der Waals surface area contributed by atoms with Gasteiger partial charge in [0.1, 0.15) is 5.54 Å². The van der Waals surface area contributed by atoms with Gasteiger partial charge in [-0.05, 0) is 62.6 Å². The Balaban J connectivity index is 1.32. The van der Waals surface area contributed by atoms with Gasteiger partial charge in [0, 0.05) is 37.1 Å². The lowest BCUT2D eigenvalue weighted by Gasteiger charge is -2.35. The van der Waals surface area contributed by atoms with Crippen LogP contribution in [0.1, 0.15) is 57.1 Å². The fourth-order valence-corrected chi connectivity index (χ4v) is 6.77. The first kappa shape index (κ1) is 19.5. The van der Waals surface area contributed by atoms with Crippen LogP contribution in [-0.4, -0.2) is 52.5 Å². The van der Waals surface area contributed by atoms with Gasteiger partial charge in [-0.3, -0.25) is 20.5 Å². The van der Waals surface area contributed by atoms with E-state index in [1.165, 1.54) is 24.0 Å². The number of rotatable bonds is 5. The Bertz CT molecular complexity index is 780. The topological polar surface area (TPSA) is 47.6 Å². The van der Waals surface area contributed by atoms with E-state index in [0.717, 1.165) is 38.9 Å².